The van der Waals surface area contributed by atoms with E-state index in [4.69, 9.17) is 28.3 Å². The highest BCUT2D eigenvalue weighted by Crippen LogP contribution is 2.20. The molecule has 2 rings (SSSR count). The predicted molar refractivity (Wildman–Crippen MR) is 73.4 cm³/mol. The zero-order valence-corrected chi connectivity index (χ0v) is 11.3. The molecule has 2 aromatic heterocycles. The molecule has 20 heavy (non-hydrogen) atoms. The molecular formula is C12H7Cl2N3O3. The number of aromatic carboxylic acids is 1. The van der Waals surface area contributed by atoms with Crippen LogP contribution in [0.25, 0.3) is 0 Å². The number of aromatic nitrogens is 2. The van der Waals surface area contributed by atoms with Crippen molar-refractivity contribution in [3.05, 3.63) is 51.9 Å². The van der Waals surface area contributed by atoms with Crippen molar-refractivity contribution in [3.8, 4) is 0 Å². The van der Waals surface area contributed by atoms with Gasteiger partial charge in [-0.25, -0.2) is 14.8 Å². The van der Waals surface area contributed by atoms with Crippen LogP contribution in [-0.4, -0.2) is 27.0 Å². The zero-order valence-electron chi connectivity index (χ0n) is 9.80. The Morgan fingerprint density at radius 1 is 1.10 bits per heavy atom. The topological polar surface area (TPSA) is 92.2 Å². The van der Waals surface area contributed by atoms with Gasteiger partial charge in [0.05, 0.1) is 16.1 Å². The quantitative estimate of drug-likeness (QED) is 0.850. The molecule has 8 heteroatoms. The van der Waals surface area contributed by atoms with Crippen LogP contribution in [0.3, 0.4) is 0 Å². The minimum absolute atomic E-state index is 0.0270. The third-order valence-corrected chi connectivity index (χ3v) is 3.00. The largest absolute Gasteiger partial charge is 0.478 e. The lowest BCUT2D eigenvalue weighted by Gasteiger charge is -2.05. The first-order chi connectivity index (χ1) is 9.47. The van der Waals surface area contributed by atoms with Crippen molar-refractivity contribution in [1.82, 2.24) is 9.97 Å². The minimum atomic E-state index is -1.09. The lowest BCUT2D eigenvalue weighted by atomic mass is 10.2. The van der Waals surface area contributed by atoms with Crippen LogP contribution in [-0.2, 0) is 0 Å². The molecule has 102 valence electrons. The second kappa shape index (κ2) is 5.85. The Labute approximate surface area is 123 Å². The monoisotopic (exact) mass is 311 g/mol. The maximum atomic E-state index is 11.9. The molecule has 2 heterocycles. The van der Waals surface area contributed by atoms with E-state index in [9.17, 15) is 9.59 Å². The summed E-state index contributed by atoms with van der Waals surface area (Å²) < 4.78 is 0. The summed E-state index contributed by atoms with van der Waals surface area (Å²) in [7, 11) is 0. The number of halogens is 2. The average molecular weight is 312 g/mol. The number of carbonyl (C=O) groups excluding carboxylic acids is 1. The number of anilines is 1. The van der Waals surface area contributed by atoms with Crippen molar-refractivity contribution in [3.63, 3.8) is 0 Å². The third-order valence-electron chi connectivity index (χ3n) is 2.31. The number of nitrogens with one attached hydrogen (secondary N) is 1. The van der Waals surface area contributed by atoms with E-state index in [1.54, 1.807) is 0 Å². The van der Waals surface area contributed by atoms with Crippen molar-refractivity contribution >= 4 is 40.9 Å². The van der Waals surface area contributed by atoms with Gasteiger partial charge in [-0.15, -0.1) is 0 Å². The molecule has 0 saturated heterocycles. The van der Waals surface area contributed by atoms with Gasteiger partial charge in [-0.3, -0.25) is 4.79 Å². The van der Waals surface area contributed by atoms with Crippen molar-refractivity contribution in [1.29, 1.82) is 0 Å². The summed E-state index contributed by atoms with van der Waals surface area (Å²) in [5, 5.41) is 11.5. The Morgan fingerprint density at radius 2 is 1.80 bits per heavy atom. The van der Waals surface area contributed by atoms with E-state index >= 15 is 0 Å². The molecule has 0 atom stereocenters. The smallest absolute Gasteiger partial charge is 0.337 e. The highest BCUT2D eigenvalue weighted by molar-refractivity contribution is 6.41. The van der Waals surface area contributed by atoms with E-state index in [1.807, 2.05) is 0 Å². The van der Waals surface area contributed by atoms with Crippen molar-refractivity contribution in [2.75, 3.05) is 5.32 Å². The fourth-order valence-corrected chi connectivity index (χ4v) is 1.60. The first-order valence-electron chi connectivity index (χ1n) is 5.29. The fourth-order valence-electron chi connectivity index (χ4n) is 1.33. The number of hydrogen-bond donors (Lipinski definition) is 2. The van der Waals surface area contributed by atoms with Crippen LogP contribution in [0.1, 0.15) is 20.7 Å². The standard InChI is InChI=1S/C12H7Cl2N3O3/c13-8-3-7(5-16-10(8)14)11(18)17-9-2-1-6(4-15-9)12(19)20/h1-5H,(H,19,20)(H,15,17,18). The highest BCUT2D eigenvalue weighted by atomic mass is 35.5. The van der Waals surface area contributed by atoms with Crippen molar-refractivity contribution in [2.24, 2.45) is 0 Å². The van der Waals surface area contributed by atoms with Gasteiger partial charge in [0.15, 0.2) is 0 Å². The maximum Gasteiger partial charge on any atom is 0.337 e. The molecule has 6 nitrogen and oxygen atoms in total. The van der Waals surface area contributed by atoms with Crippen LogP contribution < -0.4 is 5.32 Å². The summed E-state index contributed by atoms with van der Waals surface area (Å²) in [4.78, 5) is 30.1. The number of nitrogens with zero attached hydrogens (tertiary/aromatic N) is 2. The number of amides is 1. The molecular weight excluding hydrogens is 305 g/mol. The van der Waals surface area contributed by atoms with E-state index < -0.39 is 11.9 Å². The molecule has 0 aromatic carbocycles. The number of carbonyl (C=O) groups is 2. The molecule has 0 radical (unpaired) electrons. The lowest BCUT2D eigenvalue weighted by Crippen LogP contribution is -2.13. The van der Waals surface area contributed by atoms with Crippen LogP contribution in [0.4, 0.5) is 5.82 Å². The molecule has 0 aliphatic heterocycles. The second-order valence-corrected chi connectivity index (χ2v) is 4.45. The number of rotatable bonds is 3. The van der Waals surface area contributed by atoms with Crippen LogP contribution in [0, 0.1) is 0 Å². The Morgan fingerprint density at radius 3 is 2.35 bits per heavy atom. The molecule has 0 bridgehead atoms. The van der Waals surface area contributed by atoms with E-state index in [-0.39, 0.29) is 27.1 Å². The lowest BCUT2D eigenvalue weighted by molar-refractivity contribution is 0.0696. The van der Waals surface area contributed by atoms with Gasteiger partial charge in [-0.05, 0) is 18.2 Å². The Bertz CT molecular complexity index is 674. The molecule has 0 saturated carbocycles. The van der Waals surface area contributed by atoms with E-state index in [2.05, 4.69) is 15.3 Å². The normalized spacial score (nSPS) is 10.1. The van der Waals surface area contributed by atoms with Gasteiger partial charge < -0.3 is 10.4 Å². The van der Waals surface area contributed by atoms with E-state index in [0.717, 1.165) is 6.20 Å². The molecule has 1 amide bonds. The third kappa shape index (κ3) is 3.23. The first kappa shape index (κ1) is 14.2. The first-order valence-corrected chi connectivity index (χ1v) is 6.04. The molecule has 0 fully saturated rings. The Kier molecular flexibility index (Phi) is 4.16. The maximum absolute atomic E-state index is 11.9. The minimum Gasteiger partial charge on any atom is -0.478 e. The summed E-state index contributed by atoms with van der Waals surface area (Å²) >= 11 is 11.4. The average Bonchev–Trinajstić information content (AvgIpc) is 2.42. The number of pyridine rings is 2. The summed E-state index contributed by atoms with van der Waals surface area (Å²) in [6.45, 7) is 0. The summed E-state index contributed by atoms with van der Waals surface area (Å²) in [6.07, 6.45) is 2.42. The Hall–Kier alpha value is -2.18. The van der Waals surface area contributed by atoms with Crippen LogP contribution in [0.15, 0.2) is 30.6 Å². The van der Waals surface area contributed by atoms with Gasteiger partial charge in [-0.2, -0.15) is 0 Å². The van der Waals surface area contributed by atoms with Gasteiger partial charge in [0.2, 0.25) is 0 Å². The molecule has 2 N–H and O–H groups in total. The number of carboxylic acids is 1. The molecule has 0 aliphatic rings. The van der Waals surface area contributed by atoms with Gasteiger partial charge in [0.1, 0.15) is 11.0 Å². The van der Waals surface area contributed by atoms with Crippen LogP contribution in [0.2, 0.25) is 10.2 Å². The SMILES string of the molecule is O=C(O)c1ccc(NC(=O)c2cnc(Cl)c(Cl)c2)nc1. The second-order valence-electron chi connectivity index (χ2n) is 3.69. The van der Waals surface area contributed by atoms with Crippen LogP contribution in [0.5, 0.6) is 0 Å². The van der Waals surface area contributed by atoms with Crippen molar-refractivity contribution < 1.29 is 14.7 Å². The van der Waals surface area contributed by atoms with E-state index in [0.29, 0.717) is 0 Å². The molecule has 2 aromatic rings. The highest BCUT2D eigenvalue weighted by Gasteiger charge is 2.10. The Balaban J connectivity index is 2.14. The van der Waals surface area contributed by atoms with Gasteiger partial charge in [0, 0.05) is 12.4 Å². The van der Waals surface area contributed by atoms with E-state index in [1.165, 1.54) is 24.4 Å². The molecule has 0 aliphatic carbocycles. The summed E-state index contributed by atoms with van der Waals surface area (Å²) in [6, 6.07) is 4.09. The molecule has 0 unspecified atom stereocenters. The van der Waals surface area contributed by atoms with Gasteiger partial charge in [0.25, 0.3) is 5.91 Å². The van der Waals surface area contributed by atoms with Gasteiger partial charge >= 0.3 is 5.97 Å². The van der Waals surface area contributed by atoms with Crippen LogP contribution >= 0.6 is 23.2 Å². The zero-order chi connectivity index (χ0) is 14.7. The number of carboxylic acid groups (broad SMARTS) is 1. The predicted octanol–water partition coefficient (Wildman–Crippen LogP) is 2.73. The fraction of sp³-hybridized carbons (Fsp3) is 0. The number of hydrogen-bond acceptors (Lipinski definition) is 4. The van der Waals surface area contributed by atoms with Crippen molar-refractivity contribution in [2.45, 2.75) is 0 Å². The molecule has 0 spiro atoms. The van der Waals surface area contributed by atoms with Gasteiger partial charge in [-0.1, -0.05) is 23.2 Å². The summed E-state index contributed by atoms with van der Waals surface area (Å²) in [5.41, 5.74) is 0.239. The summed E-state index contributed by atoms with van der Waals surface area (Å²) in [5.74, 6) is -1.36.